The molecule has 2 aliphatic rings. The number of phenols is 5. The molecule has 3 aromatic rings. The fourth-order valence-electron chi connectivity index (χ4n) is 4.47. The van der Waals surface area contributed by atoms with E-state index in [1.165, 1.54) is 30.3 Å². The molecule has 0 spiro atoms. The van der Waals surface area contributed by atoms with E-state index in [0.717, 1.165) is 12.1 Å². The van der Waals surface area contributed by atoms with Gasteiger partial charge >= 0.3 is 0 Å². The normalized spacial score (nSPS) is 23.1. The second-order valence-corrected chi connectivity index (χ2v) is 8.22. The summed E-state index contributed by atoms with van der Waals surface area (Å²) in [5.41, 5.74) is 0.746. The molecule has 4 atom stereocenters. The zero-order valence-corrected chi connectivity index (χ0v) is 17.4. The number of aliphatic hydroxyl groups excluding tert-OH is 2. The van der Waals surface area contributed by atoms with Crippen LogP contribution in [0.5, 0.6) is 40.2 Å². The van der Waals surface area contributed by atoms with Crippen LogP contribution in [0.2, 0.25) is 0 Å². The van der Waals surface area contributed by atoms with Crippen molar-refractivity contribution in [3.05, 3.63) is 64.7 Å². The predicted octanol–water partition coefficient (Wildman–Crippen LogP) is 2.10. The van der Waals surface area contributed by atoms with Crippen molar-refractivity contribution in [1.82, 2.24) is 0 Å². The summed E-state index contributed by atoms with van der Waals surface area (Å²) >= 11 is 0. The van der Waals surface area contributed by atoms with E-state index >= 15 is 0 Å². The van der Waals surface area contributed by atoms with Crippen molar-refractivity contribution >= 4 is 5.78 Å². The van der Waals surface area contributed by atoms with Gasteiger partial charge in [0.1, 0.15) is 28.9 Å². The van der Waals surface area contributed by atoms with Crippen LogP contribution < -0.4 is 9.47 Å². The Labute approximate surface area is 192 Å². The molecule has 0 saturated heterocycles. The summed E-state index contributed by atoms with van der Waals surface area (Å²) < 4.78 is 11.6. The SMILES string of the molecule is O=C1c2c(O)cc(O)cc2OC(c2cc(O)c3c(c2)C(CO)C(c2ccc(O)c(O)c2)O3)C1O. The van der Waals surface area contributed by atoms with E-state index in [2.05, 4.69) is 0 Å². The number of benzene rings is 3. The highest BCUT2D eigenvalue weighted by atomic mass is 16.5. The zero-order valence-electron chi connectivity index (χ0n) is 17.4. The van der Waals surface area contributed by atoms with Crippen LogP contribution in [0, 0.1) is 0 Å². The van der Waals surface area contributed by atoms with Gasteiger partial charge in [0.25, 0.3) is 0 Å². The molecule has 2 heterocycles. The first-order chi connectivity index (χ1) is 16.2. The maximum atomic E-state index is 12.7. The zero-order chi connectivity index (χ0) is 24.3. The molecule has 0 amide bonds. The van der Waals surface area contributed by atoms with Gasteiger partial charge in [0.05, 0.1) is 12.5 Å². The monoisotopic (exact) mass is 468 g/mol. The number of carbonyl (C=O) groups excluding carboxylic acids is 1. The second-order valence-electron chi connectivity index (χ2n) is 8.22. The molecule has 5 rings (SSSR count). The van der Waals surface area contributed by atoms with Gasteiger partial charge in [-0.2, -0.15) is 0 Å². The molecule has 0 saturated carbocycles. The molecule has 4 unspecified atom stereocenters. The van der Waals surface area contributed by atoms with Crippen LogP contribution in [0.3, 0.4) is 0 Å². The number of hydrogen-bond acceptors (Lipinski definition) is 10. The Kier molecular flexibility index (Phi) is 4.92. The molecular weight excluding hydrogens is 448 g/mol. The molecule has 10 heteroatoms. The van der Waals surface area contributed by atoms with Gasteiger partial charge in [-0.1, -0.05) is 6.07 Å². The number of Topliss-reactive ketones (excluding diaryl/α,β-unsaturated/α-hetero) is 1. The van der Waals surface area contributed by atoms with Gasteiger partial charge in [-0.05, 0) is 35.4 Å². The highest BCUT2D eigenvalue weighted by Gasteiger charge is 2.42. The van der Waals surface area contributed by atoms with Gasteiger partial charge in [-0.25, -0.2) is 0 Å². The third kappa shape index (κ3) is 3.23. The fraction of sp³-hybridized carbons (Fsp3) is 0.208. The number of ketones is 1. The van der Waals surface area contributed by atoms with Gasteiger partial charge in [0.2, 0.25) is 5.78 Å². The summed E-state index contributed by atoms with van der Waals surface area (Å²) in [6.07, 6.45) is -3.81. The molecule has 0 bridgehead atoms. The smallest absolute Gasteiger partial charge is 0.202 e. The van der Waals surface area contributed by atoms with Gasteiger partial charge in [-0.15, -0.1) is 0 Å². The van der Waals surface area contributed by atoms with Crippen molar-refractivity contribution in [3.8, 4) is 40.2 Å². The lowest BCUT2D eigenvalue weighted by atomic mass is 9.87. The molecule has 10 nitrogen and oxygen atoms in total. The minimum Gasteiger partial charge on any atom is -0.508 e. The van der Waals surface area contributed by atoms with Crippen LogP contribution in [0.25, 0.3) is 0 Å². The van der Waals surface area contributed by atoms with Crippen LogP contribution in [0.15, 0.2) is 42.5 Å². The van der Waals surface area contributed by atoms with Crippen molar-refractivity contribution in [2.24, 2.45) is 0 Å². The van der Waals surface area contributed by atoms with Crippen molar-refractivity contribution in [3.63, 3.8) is 0 Å². The lowest BCUT2D eigenvalue weighted by Gasteiger charge is -2.30. The van der Waals surface area contributed by atoms with Crippen LogP contribution in [-0.2, 0) is 0 Å². The minimum atomic E-state index is -1.72. The Bertz CT molecular complexity index is 1320. The first-order valence-electron chi connectivity index (χ1n) is 10.3. The number of rotatable bonds is 3. The Morgan fingerprint density at radius 2 is 1.50 bits per heavy atom. The number of hydrogen-bond donors (Lipinski definition) is 7. The summed E-state index contributed by atoms with van der Waals surface area (Å²) in [6, 6.07) is 8.93. The van der Waals surface area contributed by atoms with E-state index in [0.29, 0.717) is 11.1 Å². The van der Waals surface area contributed by atoms with Crippen LogP contribution in [-0.4, -0.2) is 54.2 Å². The largest absolute Gasteiger partial charge is 0.508 e. The average molecular weight is 468 g/mol. The fourth-order valence-corrected chi connectivity index (χ4v) is 4.47. The molecular formula is C24H20O10. The predicted molar refractivity (Wildman–Crippen MR) is 115 cm³/mol. The average Bonchev–Trinajstić information content (AvgIpc) is 3.16. The van der Waals surface area contributed by atoms with Crippen LogP contribution >= 0.6 is 0 Å². The standard InChI is InChI=1S/C24H20O10/c25-8-13-12-3-10(23-21(32)20(31)19-16(29)6-11(26)7-18(19)33-23)5-17(30)24(12)34-22(13)9-1-2-14(27)15(28)4-9/h1-7,13,21-23,25-30,32H,8H2. The Morgan fingerprint density at radius 3 is 2.21 bits per heavy atom. The van der Waals surface area contributed by atoms with E-state index in [-0.39, 0.29) is 45.6 Å². The highest BCUT2D eigenvalue weighted by molar-refractivity contribution is 6.05. The summed E-state index contributed by atoms with van der Waals surface area (Å²) in [5, 5.41) is 70.6. The van der Waals surface area contributed by atoms with Crippen molar-refractivity contribution in [1.29, 1.82) is 0 Å². The Hall–Kier alpha value is -4.15. The molecule has 34 heavy (non-hydrogen) atoms. The van der Waals surface area contributed by atoms with E-state index < -0.39 is 42.4 Å². The molecule has 0 aromatic heterocycles. The van der Waals surface area contributed by atoms with Crippen molar-refractivity contribution in [2.75, 3.05) is 6.61 Å². The first kappa shape index (κ1) is 21.7. The van der Waals surface area contributed by atoms with Gasteiger partial charge < -0.3 is 45.2 Å². The highest BCUT2D eigenvalue weighted by Crippen LogP contribution is 2.52. The Morgan fingerprint density at radius 1 is 0.765 bits per heavy atom. The number of phenolic OH excluding ortho intramolecular Hbond substituents is 5. The van der Waals surface area contributed by atoms with Crippen LogP contribution in [0.1, 0.15) is 45.2 Å². The molecule has 3 aromatic carbocycles. The van der Waals surface area contributed by atoms with Gasteiger partial charge in [-0.3, -0.25) is 4.79 Å². The molecule has 176 valence electrons. The van der Waals surface area contributed by atoms with Crippen LogP contribution in [0.4, 0.5) is 0 Å². The maximum Gasteiger partial charge on any atom is 0.202 e. The van der Waals surface area contributed by atoms with Gasteiger partial charge in [0, 0.05) is 17.7 Å². The third-order valence-corrected chi connectivity index (χ3v) is 6.11. The summed E-state index contributed by atoms with van der Waals surface area (Å²) in [6.45, 7) is -0.403. The molecule has 2 aliphatic heterocycles. The number of fused-ring (bicyclic) bond motifs is 2. The quantitative estimate of drug-likeness (QED) is 0.282. The summed E-state index contributed by atoms with van der Waals surface area (Å²) in [4.78, 5) is 12.7. The van der Waals surface area contributed by atoms with Gasteiger partial charge in [0.15, 0.2) is 35.2 Å². The first-order valence-corrected chi connectivity index (χ1v) is 10.3. The lowest BCUT2D eigenvalue weighted by molar-refractivity contribution is 0.0209. The number of ether oxygens (including phenoxy) is 2. The maximum absolute atomic E-state index is 12.7. The van der Waals surface area contributed by atoms with E-state index in [1.54, 1.807) is 0 Å². The number of carbonyl (C=O) groups is 1. The van der Waals surface area contributed by atoms with E-state index in [1.807, 2.05) is 0 Å². The Balaban J connectivity index is 1.55. The van der Waals surface area contributed by atoms with Crippen molar-refractivity contribution in [2.45, 2.75) is 24.2 Å². The molecule has 0 radical (unpaired) electrons. The summed E-state index contributed by atoms with van der Waals surface area (Å²) in [7, 11) is 0. The van der Waals surface area contributed by atoms with E-state index in [4.69, 9.17) is 9.47 Å². The van der Waals surface area contributed by atoms with E-state index in [9.17, 15) is 40.5 Å². The molecule has 7 N–H and O–H groups in total. The number of aliphatic hydroxyl groups is 2. The molecule has 0 fully saturated rings. The number of aromatic hydroxyl groups is 5. The van der Waals surface area contributed by atoms with Crippen molar-refractivity contribution < 1.29 is 50.0 Å². The molecule has 0 aliphatic carbocycles. The topological polar surface area (TPSA) is 177 Å². The second kappa shape index (κ2) is 7.72. The summed E-state index contributed by atoms with van der Waals surface area (Å²) in [5.74, 6) is -3.48. The minimum absolute atomic E-state index is 0.0766. The lowest BCUT2D eigenvalue weighted by Crippen LogP contribution is -2.36. The third-order valence-electron chi connectivity index (χ3n) is 6.11.